The Morgan fingerprint density at radius 2 is 1.77 bits per heavy atom. The lowest BCUT2D eigenvalue weighted by molar-refractivity contribution is 0.102. The number of anilines is 1. The molecule has 2 aromatic rings. The van der Waals surface area contributed by atoms with Gasteiger partial charge >= 0.3 is 0 Å². The predicted molar refractivity (Wildman–Crippen MR) is 93.0 cm³/mol. The number of aryl methyl sites for hydroxylation is 1. The van der Waals surface area contributed by atoms with Crippen molar-refractivity contribution in [3.8, 4) is 0 Å². The molecule has 4 heteroatoms. The molecular formula is C18H21ClN2O. The third-order valence-electron chi connectivity index (χ3n) is 4.01. The highest BCUT2D eigenvalue weighted by Gasteiger charge is 2.16. The van der Waals surface area contributed by atoms with Crippen molar-refractivity contribution in [1.82, 2.24) is 5.32 Å². The summed E-state index contributed by atoms with van der Waals surface area (Å²) in [4.78, 5) is 12.1. The van der Waals surface area contributed by atoms with E-state index in [2.05, 4.69) is 22.8 Å². The van der Waals surface area contributed by atoms with Gasteiger partial charge in [-0.15, -0.1) is 12.4 Å². The van der Waals surface area contributed by atoms with Crippen molar-refractivity contribution in [1.29, 1.82) is 0 Å². The van der Waals surface area contributed by atoms with Gasteiger partial charge in [-0.25, -0.2) is 0 Å². The molecule has 0 saturated carbocycles. The lowest BCUT2D eigenvalue weighted by Gasteiger charge is -2.10. The van der Waals surface area contributed by atoms with Gasteiger partial charge in [-0.2, -0.15) is 0 Å². The van der Waals surface area contributed by atoms with Crippen LogP contribution in [0.1, 0.15) is 33.8 Å². The van der Waals surface area contributed by atoms with E-state index in [-0.39, 0.29) is 18.3 Å². The second-order valence-corrected chi connectivity index (χ2v) is 5.63. The molecule has 116 valence electrons. The molecule has 1 aliphatic heterocycles. The Hall–Kier alpha value is -1.84. The Balaban J connectivity index is 0.00000176. The van der Waals surface area contributed by atoms with Crippen molar-refractivity contribution in [2.24, 2.45) is 0 Å². The first kappa shape index (κ1) is 16.5. The van der Waals surface area contributed by atoms with Crippen LogP contribution in [0.25, 0.3) is 0 Å². The van der Waals surface area contributed by atoms with Gasteiger partial charge in [0.05, 0.1) is 0 Å². The molecule has 3 rings (SSSR count). The van der Waals surface area contributed by atoms with Crippen molar-refractivity contribution in [2.75, 3.05) is 18.4 Å². The van der Waals surface area contributed by atoms with Gasteiger partial charge in [-0.3, -0.25) is 4.79 Å². The molecule has 1 amide bonds. The maximum absolute atomic E-state index is 12.1. The minimum absolute atomic E-state index is 0. The van der Waals surface area contributed by atoms with Crippen LogP contribution < -0.4 is 10.6 Å². The van der Waals surface area contributed by atoms with Crippen LogP contribution in [0.2, 0.25) is 0 Å². The summed E-state index contributed by atoms with van der Waals surface area (Å²) < 4.78 is 0. The van der Waals surface area contributed by atoms with Crippen LogP contribution in [0.3, 0.4) is 0 Å². The Morgan fingerprint density at radius 3 is 2.36 bits per heavy atom. The van der Waals surface area contributed by atoms with E-state index in [1.807, 2.05) is 43.3 Å². The fourth-order valence-electron chi connectivity index (χ4n) is 2.69. The number of hydrogen-bond acceptors (Lipinski definition) is 2. The van der Waals surface area contributed by atoms with Crippen LogP contribution in [0.5, 0.6) is 0 Å². The summed E-state index contributed by atoms with van der Waals surface area (Å²) in [6, 6.07) is 15.8. The number of nitrogens with one attached hydrogen (secondary N) is 2. The maximum atomic E-state index is 12.1. The van der Waals surface area contributed by atoms with Gasteiger partial charge in [-0.05, 0) is 55.6 Å². The largest absolute Gasteiger partial charge is 0.322 e. The topological polar surface area (TPSA) is 41.1 Å². The summed E-state index contributed by atoms with van der Waals surface area (Å²) in [6.07, 6.45) is 1.19. The molecule has 22 heavy (non-hydrogen) atoms. The highest BCUT2D eigenvalue weighted by molar-refractivity contribution is 6.04. The summed E-state index contributed by atoms with van der Waals surface area (Å²) in [5.74, 6) is 0.539. The first-order valence-electron chi connectivity index (χ1n) is 7.41. The van der Waals surface area contributed by atoms with Crippen LogP contribution in [0, 0.1) is 6.92 Å². The first-order chi connectivity index (χ1) is 10.2. The van der Waals surface area contributed by atoms with Gasteiger partial charge in [0.2, 0.25) is 0 Å². The second-order valence-electron chi connectivity index (χ2n) is 5.63. The molecule has 3 nitrogen and oxygen atoms in total. The smallest absolute Gasteiger partial charge is 0.255 e. The molecule has 0 bridgehead atoms. The Morgan fingerprint density at radius 1 is 1.09 bits per heavy atom. The number of hydrogen-bond donors (Lipinski definition) is 2. The van der Waals surface area contributed by atoms with E-state index in [0.717, 1.165) is 24.3 Å². The van der Waals surface area contributed by atoms with Crippen LogP contribution in [0.4, 0.5) is 5.69 Å². The molecule has 0 aliphatic carbocycles. The lowest BCUT2D eigenvalue weighted by Crippen LogP contribution is -2.12. The van der Waals surface area contributed by atoms with E-state index in [1.54, 1.807) is 0 Å². The maximum Gasteiger partial charge on any atom is 0.255 e. The van der Waals surface area contributed by atoms with Crippen molar-refractivity contribution in [2.45, 2.75) is 19.3 Å². The summed E-state index contributed by atoms with van der Waals surface area (Å²) >= 11 is 0. The zero-order valence-electron chi connectivity index (χ0n) is 12.6. The standard InChI is InChI=1S/C18H20N2O.ClH/c1-13-2-4-15(5-3-13)18(21)20-17-8-6-14(7-9-17)16-10-11-19-12-16;/h2-9,16,19H,10-12H2,1H3,(H,20,21);1H. The Bertz CT molecular complexity index is 617. The molecule has 0 spiro atoms. The van der Waals surface area contributed by atoms with Gasteiger partial charge in [-0.1, -0.05) is 29.8 Å². The molecule has 0 radical (unpaired) electrons. The van der Waals surface area contributed by atoms with Crippen molar-refractivity contribution in [3.05, 3.63) is 65.2 Å². The first-order valence-corrected chi connectivity index (χ1v) is 7.41. The van der Waals surface area contributed by atoms with E-state index in [9.17, 15) is 4.79 Å². The third kappa shape index (κ3) is 3.87. The number of benzene rings is 2. The zero-order chi connectivity index (χ0) is 14.7. The van der Waals surface area contributed by atoms with Crippen LogP contribution in [-0.4, -0.2) is 19.0 Å². The molecule has 0 aromatic heterocycles. The molecule has 1 atom stereocenters. The van der Waals surface area contributed by atoms with Crippen molar-refractivity contribution in [3.63, 3.8) is 0 Å². The van der Waals surface area contributed by atoms with Crippen LogP contribution >= 0.6 is 12.4 Å². The van der Waals surface area contributed by atoms with Gasteiger partial charge in [0.1, 0.15) is 0 Å². The van der Waals surface area contributed by atoms with E-state index in [4.69, 9.17) is 0 Å². The normalized spacial score (nSPS) is 16.9. The fraction of sp³-hybridized carbons (Fsp3) is 0.278. The number of halogens is 1. The second kappa shape index (κ2) is 7.43. The molecular weight excluding hydrogens is 296 g/mol. The van der Waals surface area contributed by atoms with Gasteiger partial charge < -0.3 is 10.6 Å². The van der Waals surface area contributed by atoms with Crippen molar-refractivity contribution < 1.29 is 4.79 Å². The fourth-order valence-corrected chi connectivity index (χ4v) is 2.69. The number of carbonyl (C=O) groups excluding carboxylic acids is 1. The minimum Gasteiger partial charge on any atom is -0.322 e. The van der Waals surface area contributed by atoms with E-state index < -0.39 is 0 Å². The van der Waals surface area contributed by atoms with E-state index in [0.29, 0.717) is 11.5 Å². The zero-order valence-corrected chi connectivity index (χ0v) is 13.5. The summed E-state index contributed by atoms with van der Waals surface area (Å²) in [5, 5.41) is 6.31. The quantitative estimate of drug-likeness (QED) is 0.905. The molecule has 1 saturated heterocycles. The number of rotatable bonds is 3. The van der Waals surface area contributed by atoms with Crippen molar-refractivity contribution >= 4 is 24.0 Å². The van der Waals surface area contributed by atoms with Gasteiger partial charge in [0, 0.05) is 17.8 Å². The predicted octanol–water partition coefficient (Wildman–Crippen LogP) is 3.75. The Labute approximate surface area is 137 Å². The molecule has 2 aromatic carbocycles. The summed E-state index contributed by atoms with van der Waals surface area (Å²) in [5.41, 5.74) is 4.02. The highest BCUT2D eigenvalue weighted by Crippen LogP contribution is 2.23. The number of carbonyl (C=O) groups is 1. The highest BCUT2D eigenvalue weighted by atomic mass is 35.5. The summed E-state index contributed by atoms with van der Waals surface area (Å²) in [6.45, 7) is 4.16. The minimum atomic E-state index is -0.0646. The van der Waals surface area contributed by atoms with E-state index in [1.165, 1.54) is 12.0 Å². The van der Waals surface area contributed by atoms with Crippen LogP contribution in [-0.2, 0) is 0 Å². The Kier molecular flexibility index (Phi) is 5.58. The van der Waals surface area contributed by atoms with Gasteiger partial charge in [0.15, 0.2) is 0 Å². The average molecular weight is 317 g/mol. The van der Waals surface area contributed by atoms with Crippen LogP contribution in [0.15, 0.2) is 48.5 Å². The molecule has 1 aliphatic rings. The van der Waals surface area contributed by atoms with E-state index >= 15 is 0 Å². The molecule has 1 heterocycles. The molecule has 2 N–H and O–H groups in total. The third-order valence-corrected chi connectivity index (χ3v) is 4.01. The monoisotopic (exact) mass is 316 g/mol. The average Bonchev–Trinajstić information content (AvgIpc) is 3.03. The lowest BCUT2D eigenvalue weighted by atomic mass is 9.98. The molecule has 1 fully saturated rings. The van der Waals surface area contributed by atoms with Gasteiger partial charge in [0.25, 0.3) is 5.91 Å². The molecule has 1 unspecified atom stereocenters. The summed E-state index contributed by atoms with van der Waals surface area (Å²) in [7, 11) is 0. The SMILES string of the molecule is Cc1ccc(C(=O)Nc2ccc(C3CCNC3)cc2)cc1.Cl. The number of amides is 1.